The van der Waals surface area contributed by atoms with E-state index in [1.54, 1.807) is 25.3 Å². The van der Waals surface area contributed by atoms with Crippen LogP contribution in [0.25, 0.3) is 10.9 Å². The van der Waals surface area contributed by atoms with Gasteiger partial charge in [-0.25, -0.2) is 9.78 Å². The molecule has 0 saturated carbocycles. The van der Waals surface area contributed by atoms with E-state index in [1.165, 1.54) is 16.7 Å². The molecule has 2 N–H and O–H groups in total. The number of carbonyl (C=O) groups is 3. The lowest BCUT2D eigenvalue weighted by atomic mass is 10.1. The third-order valence-electron chi connectivity index (χ3n) is 4.79. The Bertz CT molecular complexity index is 1170. The number of benzene rings is 2. The summed E-state index contributed by atoms with van der Waals surface area (Å²) >= 11 is 1.19. The fourth-order valence-corrected chi connectivity index (χ4v) is 4.06. The number of imide groups is 1. The monoisotopic (exact) mass is 436 g/mol. The summed E-state index contributed by atoms with van der Waals surface area (Å²) in [7, 11) is 1.54. The molecule has 8 nitrogen and oxygen atoms in total. The van der Waals surface area contributed by atoms with E-state index in [-0.39, 0.29) is 23.6 Å². The fourth-order valence-electron chi connectivity index (χ4n) is 3.27. The number of methoxy groups -OCH3 is 1. The number of carbonyl (C=O) groups excluding carboxylic acids is 3. The number of aromatic nitrogens is 1. The van der Waals surface area contributed by atoms with Crippen molar-refractivity contribution < 1.29 is 19.1 Å². The minimum absolute atomic E-state index is 0.0479. The average Bonchev–Trinajstić information content (AvgIpc) is 3.23. The Labute approximate surface area is 183 Å². The van der Waals surface area contributed by atoms with E-state index in [9.17, 15) is 14.4 Å². The number of hydrogen-bond acceptors (Lipinski definition) is 6. The number of pyridine rings is 1. The molecule has 1 aromatic heterocycles. The van der Waals surface area contributed by atoms with Crippen molar-refractivity contribution >= 4 is 46.2 Å². The second-order valence-corrected chi connectivity index (χ2v) is 7.74. The number of hydrogen-bond donors (Lipinski definition) is 2. The molecule has 1 aliphatic heterocycles. The van der Waals surface area contributed by atoms with Gasteiger partial charge in [0.15, 0.2) is 0 Å². The fraction of sp³-hybridized carbons (Fsp3) is 0.182. The molecule has 158 valence electrons. The second-order valence-electron chi connectivity index (χ2n) is 6.75. The molecule has 0 bridgehead atoms. The van der Waals surface area contributed by atoms with Gasteiger partial charge in [-0.1, -0.05) is 42.1 Å². The van der Waals surface area contributed by atoms with Crippen molar-refractivity contribution in [1.29, 1.82) is 0 Å². The Morgan fingerprint density at radius 2 is 1.97 bits per heavy atom. The number of nitrogens with one attached hydrogen (secondary N) is 2. The highest BCUT2D eigenvalue weighted by Crippen LogP contribution is 2.28. The molecule has 1 saturated heterocycles. The molecule has 0 radical (unpaired) electrons. The van der Waals surface area contributed by atoms with Gasteiger partial charge in [-0.3, -0.25) is 14.5 Å². The minimum atomic E-state index is -0.381. The normalized spacial score (nSPS) is 13.2. The van der Waals surface area contributed by atoms with Crippen LogP contribution in [0.15, 0.2) is 59.6 Å². The highest BCUT2D eigenvalue weighted by atomic mass is 32.2. The number of urea groups is 1. The average molecular weight is 436 g/mol. The Hall–Kier alpha value is -3.59. The van der Waals surface area contributed by atoms with Gasteiger partial charge < -0.3 is 15.4 Å². The quantitative estimate of drug-likeness (QED) is 0.576. The molecule has 9 heteroatoms. The maximum Gasteiger partial charge on any atom is 0.324 e. The van der Waals surface area contributed by atoms with Crippen LogP contribution in [-0.2, 0) is 4.79 Å². The number of ether oxygens (including phenoxy) is 1. The molecule has 1 fully saturated rings. The van der Waals surface area contributed by atoms with E-state index < -0.39 is 0 Å². The van der Waals surface area contributed by atoms with Crippen molar-refractivity contribution in [1.82, 2.24) is 15.2 Å². The Balaban J connectivity index is 1.59. The molecule has 31 heavy (non-hydrogen) atoms. The highest BCUT2D eigenvalue weighted by molar-refractivity contribution is 7.99. The Kier molecular flexibility index (Phi) is 6.03. The van der Waals surface area contributed by atoms with Crippen LogP contribution in [0.4, 0.5) is 10.5 Å². The van der Waals surface area contributed by atoms with Gasteiger partial charge in [0.2, 0.25) is 5.91 Å². The van der Waals surface area contributed by atoms with Crippen molar-refractivity contribution in [3.63, 3.8) is 0 Å². The van der Waals surface area contributed by atoms with Crippen molar-refractivity contribution in [2.75, 3.05) is 31.3 Å². The van der Waals surface area contributed by atoms with Gasteiger partial charge in [0.05, 0.1) is 34.7 Å². The smallest absolute Gasteiger partial charge is 0.324 e. The molecular formula is C22H20N4O4S. The largest absolute Gasteiger partial charge is 0.495 e. The number of fused-ring (bicyclic) bond motifs is 1. The van der Waals surface area contributed by atoms with E-state index in [1.807, 2.05) is 36.4 Å². The zero-order chi connectivity index (χ0) is 21.8. The highest BCUT2D eigenvalue weighted by Gasteiger charge is 2.26. The number of thioether (sulfide) groups is 1. The van der Waals surface area contributed by atoms with Gasteiger partial charge in [-0.2, -0.15) is 0 Å². The number of nitrogens with zero attached hydrogens (tertiary/aromatic N) is 2. The topological polar surface area (TPSA) is 101 Å². The molecule has 0 spiro atoms. The van der Waals surface area contributed by atoms with E-state index in [4.69, 9.17) is 4.74 Å². The molecular weight excluding hydrogens is 416 g/mol. The summed E-state index contributed by atoms with van der Waals surface area (Å²) in [5.74, 6) is -0.00439. The maximum atomic E-state index is 13.1. The minimum Gasteiger partial charge on any atom is -0.495 e. The molecule has 0 aliphatic carbocycles. The van der Waals surface area contributed by atoms with Crippen LogP contribution in [-0.4, -0.2) is 53.7 Å². The van der Waals surface area contributed by atoms with Gasteiger partial charge in [-0.15, -0.1) is 0 Å². The summed E-state index contributed by atoms with van der Waals surface area (Å²) in [5, 5.41) is 6.71. The summed E-state index contributed by atoms with van der Waals surface area (Å²) in [6.07, 6.45) is 0. The van der Waals surface area contributed by atoms with Crippen LogP contribution in [0, 0.1) is 0 Å². The predicted molar refractivity (Wildman–Crippen MR) is 119 cm³/mol. The Morgan fingerprint density at radius 1 is 1.19 bits per heavy atom. The van der Waals surface area contributed by atoms with Gasteiger partial charge in [0.25, 0.3) is 5.91 Å². The van der Waals surface area contributed by atoms with Crippen LogP contribution in [0.5, 0.6) is 5.75 Å². The summed E-state index contributed by atoms with van der Waals surface area (Å²) < 4.78 is 5.31. The van der Waals surface area contributed by atoms with E-state index in [0.29, 0.717) is 46.0 Å². The maximum absolute atomic E-state index is 13.1. The van der Waals surface area contributed by atoms with Crippen molar-refractivity contribution in [3.05, 3.63) is 60.2 Å². The van der Waals surface area contributed by atoms with Crippen LogP contribution >= 0.6 is 11.8 Å². The zero-order valence-electron chi connectivity index (χ0n) is 16.8. The SMILES string of the molecule is COc1ccccc1NC(=O)c1cc(SCC(=O)N2CCNC2=O)nc2ccccc12. The van der Waals surface area contributed by atoms with Gasteiger partial charge in [0.1, 0.15) is 5.75 Å². The first-order chi connectivity index (χ1) is 15.1. The van der Waals surface area contributed by atoms with E-state index in [2.05, 4.69) is 15.6 Å². The van der Waals surface area contributed by atoms with Crippen LogP contribution in [0.1, 0.15) is 10.4 Å². The van der Waals surface area contributed by atoms with E-state index in [0.717, 1.165) is 0 Å². The van der Waals surface area contributed by atoms with Crippen LogP contribution in [0.3, 0.4) is 0 Å². The van der Waals surface area contributed by atoms with Crippen molar-refractivity contribution in [3.8, 4) is 5.75 Å². The molecule has 0 atom stereocenters. The third kappa shape index (κ3) is 4.46. The number of amides is 4. The van der Waals surface area contributed by atoms with Crippen LogP contribution < -0.4 is 15.4 Å². The molecule has 1 aliphatic rings. The summed E-state index contributed by atoms with van der Waals surface area (Å²) in [6.45, 7) is 0.812. The lowest BCUT2D eigenvalue weighted by Crippen LogP contribution is -2.35. The predicted octanol–water partition coefficient (Wildman–Crippen LogP) is 3.14. The third-order valence-corrected chi connectivity index (χ3v) is 5.69. The van der Waals surface area contributed by atoms with Gasteiger partial charge in [-0.05, 0) is 24.3 Å². The van der Waals surface area contributed by atoms with Crippen molar-refractivity contribution in [2.45, 2.75) is 5.03 Å². The molecule has 0 unspecified atom stereocenters. The van der Waals surface area contributed by atoms with Gasteiger partial charge >= 0.3 is 6.03 Å². The van der Waals surface area contributed by atoms with Gasteiger partial charge in [0, 0.05) is 18.5 Å². The molecule has 2 heterocycles. The first-order valence-electron chi connectivity index (χ1n) is 9.62. The van der Waals surface area contributed by atoms with Crippen molar-refractivity contribution in [2.24, 2.45) is 0 Å². The van der Waals surface area contributed by atoms with Crippen LogP contribution in [0.2, 0.25) is 0 Å². The standard InChI is InChI=1S/C22H20N4O4S/c1-30-18-9-5-4-8-17(18)25-21(28)15-12-19(24-16-7-3-2-6-14(15)16)31-13-20(27)26-11-10-23-22(26)29/h2-9,12H,10-11,13H2,1H3,(H,23,29)(H,25,28). The van der Waals surface area contributed by atoms with E-state index >= 15 is 0 Å². The summed E-state index contributed by atoms with van der Waals surface area (Å²) in [5.41, 5.74) is 1.63. The molecule has 2 aromatic carbocycles. The molecule has 4 amide bonds. The number of rotatable bonds is 6. The molecule has 3 aromatic rings. The zero-order valence-corrected chi connectivity index (χ0v) is 17.6. The Morgan fingerprint density at radius 3 is 2.74 bits per heavy atom. The first kappa shape index (κ1) is 20.7. The summed E-state index contributed by atoms with van der Waals surface area (Å²) in [4.78, 5) is 42.9. The first-order valence-corrected chi connectivity index (χ1v) is 10.6. The lowest BCUT2D eigenvalue weighted by molar-refractivity contribution is -0.124. The lowest BCUT2D eigenvalue weighted by Gasteiger charge is -2.13. The number of anilines is 1. The second kappa shape index (κ2) is 9.05. The number of para-hydroxylation sites is 3. The summed E-state index contributed by atoms with van der Waals surface area (Å²) in [6, 6.07) is 15.8. The molecule has 4 rings (SSSR count).